The molecule has 254 valence electrons. The maximum absolute atomic E-state index is 11.5. The number of carbonyl (C=O) groups excluding carboxylic acids is 2. The molecule has 0 aromatic carbocycles. The Morgan fingerprint density at radius 1 is 0.442 bits per heavy atom. The summed E-state index contributed by atoms with van der Waals surface area (Å²) in [6.07, 6.45) is 1.45. The number of carbonyl (C=O) groups is 3. The van der Waals surface area contributed by atoms with Gasteiger partial charge < -0.3 is 52.5 Å². The first-order chi connectivity index (χ1) is 20.7. The van der Waals surface area contributed by atoms with Gasteiger partial charge in [-0.05, 0) is 33.6 Å². The lowest BCUT2D eigenvalue weighted by Gasteiger charge is -2.19. The molecule has 0 atom stereocenters. The Kier molecular flexibility index (Phi) is 28.8. The van der Waals surface area contributed by atoms with Crippen LogP contribution in [0.25, 0.3) is 0 Å². The van der Waals surface area contributed by atoms with Gasteiger partial charge in [0, 0.05) is 12.8 Å². The zero-order valence-corrected chi connectivity index (χ0v) is 26.3. The van der Waals surface area contributed by atoms with Crippen molar-refractivity contribution in [3.05, 3.63) is 0 Å². The lowest BCUT2D eigenvalue weighted by atomic mass is 10.2. The fourth-order valence-corrected chi connectivity index (χ4v) is 3.02. The molecule has 0 amide bonds. The van der Waals surface area contributed by atoms with E-state index in [2.05, 4.69) is 0 Å². The van der Waals surface area contributed by atoms with Gasteiger partial charge in [-0.3, -0.25) is 14.4 Å². The van der Waals surface area contributed by atoms with Crippen LogP contribution in [-0.4, -0.2) is 141 Å². The minimum atomic E-state index is -0.865. The summed E-state index contributed by atoms with van der Waals surface area (Å²) in [6, 6.07) is 0. The number of carboxylic acids is 1. The normalized spacial score (nSPS) is 11.5. The molecule has 43 heavy (non-hydrogen) atoms. The van der Waals surface area contributed by atoms with Crippen LogP contribution < -0.4 is 0 Å². The zero-order valence-electron chi connectivity index (χ0n) is 26.3. The van der Waals surface area contributed by atoms with E-state index >= 15 is 0 Å². The van der Waals surface area contributed by atoms with Crippen molar-refractivity contribution in [1.29, 1.82) is 0 Å². The average Bonchev–Trinajstić information content (AvgIpc) is 2.93. The van der Waals surface area contributed by atoms with Crippen LogP contribution in [0.2, 0.25) is 0 Å². The molecule has 0 aromatic heterocycles. The van der Waals surface area contributed by atoms with Crippen LogP contribution in [0.4, 0.5) is 0 Å². The molecular formula is C29H54O14. The first kappa shape index (κ1) is 41.1. The molecule has 0 aliphatic carbocycles. The summed E-state index contributed by atoms with van der Waals surface area (Å²) in [6.45, 7) is 12.5. The van der Waals surface area contributed by atoms with Crippen LogP contribution >= 0.6 is 0 Å². The average molecular weight is 627 g/mol. The number of rotatable bonds is 32. The quantitative estimate of drug-likeness (QED) is 0.0852. The maximum Gasteiger partial charge on any atom is 0.308 e. The van der Waals surface area contributed by atoms with Crippen molar-refractivity contribution in [2.45, 2.75) is 58.5 Å². The molecule has 0 rings (SSSR count). The summed E-state index contributed by atoms with van der Waals surface area (Å²) in [4.78, 5) is 33.4. The molecule has 0 saturated heterocycles. The van der Waals surface area contributed by atoms with Crippen molar-refractivity contribution in [1.82, 2.24) is 0 Å². The minimum absolute atomic E-state index is 0.0580. The smallest absolute Gasteiger partial charge is 0.308 e. The third-order valence-corrected chi connectivity index (χ3v) is 4.99. The molecule has 0 spiro atoms. The van der Waals surface area contributed by atoms with Crippen LogP contribution in [0, 0.1) is 0 Å². The van der Waals surface area contributed by atoms with Gasteiger partial charge >= 0.3 is 17.9 Å². The van der Waals surface area contributed by atoms with Gasteiger partial charge in [-0.1, -0.05) is 0 Å². The van der Waals surface area contributed by atoms with E-state index in [-0.39, 0.29) is 44.4 Å². The number of unbranched alkanes of at least 4 members (excludes halogenated alkanes) is 1. The van der Waals surface area contributed by atoms with Gasteiger partial charge in [0.05, 0.1) is 112 Å². The molecule has 14 nitrogen and oxygen atoms in total. The first-order valence-corrected chi connectivity index (χ1v) is 14.9. The third-order valence-electron chi connectivity index (χ3n) is 4.99. The number of esters is 2. The van der Waals surface area contributed by atoms with Crippen LogP contribution in [-0.2, 0) is 61.8 Å². The molecule has 0 aromatic rings. The zero-order chi connectivity index (χ0) is 31.9. The van der Waals surface area contributed by atoms with Gasteiger partial charge in [-0.25, -0.2) is 0 Å². The van der Waals surface area contributed by atoms with Gasteiger partial charge in [0.1, 0.15) is 12.2 Å². The van der Waals surface area contributed by atoms with Crippen LogP contribution in [0.15, 0.2) is 0 Å². The molecule has 0 saturated carbocycles. The van der Waals surface area contributed by atoms with Crippen LogP contribution in [0.3, 0.4) is 0 Å². The van der Waals surface area contributed by atoms with Gasteiger partial charge in [0.2, 0.25) is 0 Å². The number of ether oxygens (including phenoxy) is 10. The van der Waals surface area contributed by atoms with Crippen molar-refractivity contribution >= 4 is 17.9 Å². The highest BCUT2D eigenvalue weighted by atomic mass is 16.6. The summed E-state index contributed by atoms with van der Waals surface area (Å²) in [5.74, 6) is -1.49. The van der Waals surface area contributed by atoms with E-state index in [1.807, 2.05) is 20.8 Å². The molecule has 0 unspecified atom stereocenters. The molecule has 0 aliphatic heterocycles. The highest BCUT2D eigenvalue weighted by Gasteiger charge is 2.15. The second kappa shape index (κ2) is 30.1. The van der Waals surface area contributed by atoms with Gasteiger partial charge in [0.15, 0.2) is 0 Å². The van der Waals surface area contributed by atoms with Gasteiger partial charge in [-0.2, -0.15) is 0 Å². The van der Waals surface area contributed by atoms with E-state index in [0.29, 0.717) is 112 Å². The summed E-state index contributed by atoms with van der Waals surface area (Å²) in [5.41, 5.74) is -0.481. The van der Waals surface area contributed by atoms with Crippen molar-refractivity contribution in [3.63, 3.8) is 0 Å². The lowest BCUT2D eigenvalue weighted by molar-refractivity contribution is -0.156. The Labute approximate surface area is 255 Å². The monoisotopic (exact) mass is 626 g/mol. The standard InChI is InChI=1S/C29H54O14/c1-29(2,3)43-28(33)8-9-34-10-11-35-12-13-36-14-15-37-16-17-38-18-19-39-20-21-40-22-23-41-24-25-42-27(32)7-5-4-6-26(30)31/h4-25H2,1-3H3,(H,30,31). The number of aliphatic carboxylic acids is 1. The SMILES string of the molecule is CC(C)(C)OC(=O)CCOCCOCCOCCOCCOCCOCCOCCOCCOC(=O)CCCCC(=O)O. The van der Waals surface area contributed by atoms with E-state index in [1.165, 1.54) is 0 Å². The van der Waals surface area contributed by atoms with Crippen LogP contribution in [0.1, 0.15) is 52.9 Å². The van der Waals surface area contributed by atoms with Crippen molar-refractivity contribution < 1.29 is 66.9 Å². The van der Waals surface area contributed by atoms with E-state index in [1.54, 1.807) is 0 Å². The topological polar surface area (TPSA) is 164 Å². The molecule has 0 heterocycles. The third kappa shape index (κ3) is 36.2. The molecular weight excluding hydrogens is 572 g/mol. The van der Waals surface area contributed by atoms with E-state index in [4.69, 9.17) is 52.5 Å². The second-order valence-corrected chi connectivity index (χ2v) is 10.1. The van der Waals surface area contributed by atoms with E-state index in [0.717, 1.165) is 0 Å². The summed E-state index contributed by atoms with van der Waals surface area (Å²) in [5, 5.41) is 8.54. The number of hydrogen-bond acceptors (Lipinski definition) is 13. The predicted octanol–water partition coefficient (Wildman–Crippen LogP) is 2.04. The predicted molar refractivity (Wildman–Crippen MR) is 154 cm³/mol. The highest BCUT2D eigenvalue weighted by molar-refractivity contribution is 5.70. The summed E-state index contributed by atoms with van der Waals surface area (Å²) < 4.78 is 53.4. The minimum Gasteiger partial charge on any atom is -0.481 e. The van der Waals surface area contributed by atoms with Crippen LogP contribution in [0.5, 0.6) is 0 Å². The fraction of sp³-hybridized carbons (Fsp3) is 0.897. The number of carboxylic acid groups (broad SMARTS) is 1. The Hall–Kier alpha value is -1.91. The molecule has 0 aliphatic rings. The molecule has 1 N–H and O–H groups in total. The molecule has 0 radical (unpaired) electrons. The van der Waals surface area contributed by atoms with Gasteiger partial charge in [-0.15, -0.1) is 0 Å². The second-order valence-electron chi connectivity index (χ2n) is 10.1. The number of hydrogen-bond donors (Lipinski definition) is 1. The van der Waals surface area contributed by atoms with Crippen molar-refractivity contribution in [2.75, 3.05) is 112 Å². The van der Waals surface area contributed by atoms with E-state index in [9.17, 15) is 14.4 Å². The highest BCUT2D eigenvalue weighted by Crippen LogP contribution is 2.08. The Balaban J connectivity index is 3.16. The Morgan fingerprint density at radius 3 is 1.12 bits per heavy atom. The Bertz CT molecular complexity index is 668. The Morgan fingerprint density at radius 2 is 0.767 bits per heavy atom. The fourth-order valence-electron chi connectivity index (χ4n) is 3.02. The van der Waals surface area contributed by atoms with Crippen molar-refractivity contribution in [3.8, 4) is 0 Å². The molecule has 0 bridgehead atoms. The first-order valence-electron chi connectivity index (χ1n) is 14.9. The van der Waals surface area contributed by atoms with Crippen molar-refractivity contribution in [2.24, 2.45) is 0 Å². The lowest BCUT2D eigenvalue weighted by Crippen LogP contribution is -2.24. The summed E-state index contributed by atoms with van der Waals surface area (Å²) in [7, 11) is 0. The maximum atomic E-state index is 11.5. The molecule has 0 fully saturated rings. The largest absolute Gasteiger partial charge is 0.481 e. The molecule has 14 heteroatoms. The summed E-state index contributed by atoms with van der Waals surface area (Å²) >= 11 is 0. The van der Waals surface area contributed by atoms with Gasteiger partial charge in [0.25, 0.3) is 0 Å². The van der Waals surface area contributed by atoms with E-state index < -0.39 is 11.6 Å².